The van der Waals surface area contributed by atoms with Crippen molar-refractivity contribution >= 4 is 5.78 Å². The molecule has 0 atom stereocenters. The highest BCUT2D eigenvalue weighted by atomic mass is 19.1. The third-order valence-electron chi connectivity index (χ3n) is 4.82. The van der Waals surface area contributed by atoms with Crippen LogP contribution >= 0.6 is 0 Å². The fourth-order valence-electron chi connectivity index (χ4n) is 3.50. The van der Waals surface area contributed by atoms with E-state index in [1.807, 2.05) is 103 Å². The van der Waals surface area contributed by atoms with Gasteiger partial charge in [-0.05, 0) is 45.5 Å². The molecule has 28 heavy (non-hydrogen) atoms. The number of hydrogen-bond acceptors (Lipinski definition) is 1. The number of Topliss-reactive ketones (excluding diaryl/α,β-unsaturated/α-hetero) is 1. The van der Waals surface area contributed by atoms with Crippen LogP contribution in [0.4, 0.5) is 4.39 Å². The van der Waals surface area contributed by atoms with Gasteiger partial charge in [0.05, 0.1) is 0 Å². The smallest absolute Gasteiger partial charge is 0.195 e. The second-order valence-corrected chi connectivity index (χ2v) is 6.60. The molecule has 0 spiro atoms. The van der Waals surface area contributed by atoms with Crippen LogP contribution in [0.5, 0.6) is 0 Å². The fourth-order valence-corrected chi connectivity index (χ4v) is 3.50. The van der Waals surface area contributed by atoms with Crippen molar-refractivity contribution in [1.29, 1.82) is 0 Å². The second-order valence-electron chi connectivity index (χ2n) is 6.60. The fraction of sp³-hybridized carbons (Fsp3) is 0.0385. The monoisotopic (exact) mass is 366 g/mol. The van der Waals surface area contributed by atoms with Gasteiger partial charge in [-0.15, -0.1) is 0 Å². The number of rotatable bonds is 5. The van der Waals surface area contributed by atoms with Gasteiger partial charge >= 0.3 is 0 Å². The number of ketones is 1. The van der Waals surface area contributed by atoms with E-state index < -0.39 is 12.5 Å². The summed E-state index contributed by atoms with van der Waals surface area (Å²) in [7, 11) is 0. The minimum atomic E-state index is -1.02. The lowest BCUT2D eigenvalue weighted by molar-refractivity contribution is 0.0960. The van der Waals surface area contributed by atoms with Gasteiger partial charge in [0.25, 0.3) is 0 Å². The molecule has 0 heterocycles. The van der Waals surface area contributed by atoms with Crippen molar-refractivity contribution in [3.63, 3.8) is 0 Å². The third kappa shape index (κ3) is 3.49. The van der Waals surface area contributed by atoms with E-state index in [9.17, 15) is 9.18 Å². The standard InChI is InChI=1S/C26H19FO/c27-18-25(28)26-23(20-12-6-2-7-13-20)16-22(19-10-4-1-5-11-19)17-24(26)21-14-8-3-9-15-21/h1-17H,18H2. The molecule has 4 aromatic rings. The summed E-state index contributed by atoms with van der Waals surface area (Å²) in [5, 5.41) is 0. The van der Waals surface area contributed by atoms with Crippen LogP contribution in [0.3, 0.4) is 0 Å². The van der Waals surface area contributed by atoms with Crippen molar-refractivity contribution in [2.75, 3.05) is 6.67 Å². The molecule has 0 aliphatic carbocycles. The number of carbonyl (C=O) groups is 1. The molecule has 0 bridgehead atoms. The maximum atomic E-state index is 13.5. The molecule has 0 radical (unpaired) electrons. The lowest BCUT2D eigenvalue weighted by Gasteiger charge is -2.17. The Morgan fingerprint density at radius 3 is 1.36 bits per heavy atom. The summed E-state index contributed by atoms with van der Waals surface area (Å²) >= 11 is 0. The van der Waals surface area contributed by atoms with Gasteiger partial charge < -0.3 is 0 Å². The molecule has 0 aliphatic heterocycles. The number of halogens is 1. The van der Waals surface area contributed by atoms with Crippen molar-refractivity contribution in [2.45, 2.75) is 0 Å². The van der Waals surface area contributed by atoms with E-state index in [-0.39, 0.29) is 0 Å². The Morgan fingerprint density at radius 1 is 0.571 bits per heavy atom. The van der Waals surface area contributed by atoms with E-state index in [4.69, 9.17) is 0 Å². The van der Waals surface area contributed by atoms with Gasteiger partial charge in [0.15, 0.2) is 12.5 Å². The highest BCUT2D eigenvalue weighted by Crippen LogP contribution is 2.37. The van der Waals surface area contributed by atoms with Crippen LogP contribution in [-0.4, -0.2) is 12.5 Å². The maximum Gasteiger partial charge on any atom is 0.195 e. The minimum Gasteiger partial charge on any atom is -0.291 e. The first-order valence-electron chi connectivity index (χ1n) is 9.21. The largest absolute Gasteiger partial charge is 0.291 e. The normalized spacial score (nSPS) is 10.6. The summed E-state index contributed by atoms with van der Waals surface area (Å²) in [6.45, 7) is -1.02. The highest BCUT2D eigenvalue weighted by molar-refractivity contribution is 6.09. The first-order chi connectivity index (χ1) is 13.8. The minimum absolute atomic E-state index is 0.430. The molecular formula is C26H19FO. The third-order valence-corrected chi connectivity index (χ3v) is 4.82. The van der Waals surface area contributed by atoms with Gasteiger partial charge in [-0.25, -0.2) is 4.39 Å². The van der Waals surface area contributed by atoms with Crippen LogP contribution in [0, 0.1) is 0 Å². The molecule has 0 aromatic heterocycles. The van der Waals surface area contributed by atoms with E-state index in [1.54, 1.807) is 0 Å². The second kappa shape index (κ2) is 8.01. The van der Waals surface area contributed by atoms with Crippen molar-refractivity contribution in [1.82, 2.24) is 0 Å². The Bertz CT molecular complexity index is 1030. The highest BCUT2D eigenvalue weighted by Gasteiger charge is 2.20. The quantitative estimate of drug-likeness (QED) is 0.353. The molecule has 0 saturated carbocycles. The molecule has 136 valence electrons. The summed E-state index contributed by atoms with van der Waals surface area (Å²) in [6, 6.07) is 33.4. The van der Waals surface area contributed by atoms with E-state index >= 15 is 0 Å². The summed E-state index contributed by atoms with van der Waals surface area (Å²) in [4.78, 5) is 12.7. The van der Waals surface area contributed by atoms with Crippen LogP contribution in [0.1, 0.15) is 10.4 Å². The lowest BCUT2D eigenvalue weighted by atomic mass is 9.86. The molecule has 0 aliphatic rings. The summed E-state index contributed by atoms with van der Waals surface area (Å²) in [5.74, 6) is -0.502. The van der Waals surface area contributed by atoms with E-state index in [2.05, 4.69) is 0 Å². The zero-order valence-corrected chi connectivity index (χ0v) is 15.3. The Balaban J connectivity index is 2.07. The molecule has 4 aromatic carbocycles. The van der Waals surface area contributed by atoms with Crippen LogP contribution in [0.25, 0.3) is 33.4 Å². The Hall–Kier alpha value is -3.52. The number of carbonyl (C=O) groups excluding carboxylic acids is 1. The topological polar surface area (TPSA) is 17.1 Å². The predicted octanol–water partition coefficient (Wildman–Crippen LogP) is 6.84. The first kappa shape index (κ1) is 17.9. The molecule has 0 N–H and O–H groups in total. The summed E-state index contributed by atoms with van der Waals surface area (Å²) < 4.78 is 13.5. The van der Waals surface area contributed by atoms with Crippen LogP contribution in [0.15, 0.2) is 103 Å². The zero-order chi connectivity index (χ0) is 19.3. The molecule has 0 fully saturated rings. The predicted molar refractivity (Wildman–Crippen MR) is 113 cm³/mol. The van der Waals surface area contributed by atoms with Gasteiger partial charge in [-0.1, -0.05) is 91.0 Å². The lowest BCUT2D eigenvalue weighted by Crippen LogP contribution is -2.07. The average Bonchev–Trinajstić information content (AvgIpc) is 2.79. The SMILES string of the molecule is O=C(CF)c1c(-c2ccccc2)cc(-c2ccccc2)cc1-c1ccccc1. The van der Waals surface area contributed by atoms with E-state index in [0.717, 1.165) is 33.4 Å². The van der Waals surface area contributed by atoms with E-state index in [0.29, 0.717) is 5.56 Å². The molecule has 0 amide bonds. The average molecular weight is 366 g/mol. The Morgan fingerprint density at radius 2 is 0.964 bits per heavy atom. The van der Waals surface area contributed by atoms with Crippen LogP contribution in [-0.2, 0) is 0 Å². The van der Waals surface area contributed by atoms with Gasteiger partial charge in [0, 0.05) is 5.56 Å². The van der Waals surface area contributed by atoms with Crippen molar-refractivity contribution in [2.24, 2.45) is 0 Å². The zero-order valence-electron chi connectivity index (χ0n) is 15.3. The van der Waals surface area contributed by atoms with Crippen molar-refractivity contribution in [3.8, 4) is 33.4 Å². The number of hydrogen-bond donors (Lipinski definition) is 0. The molecule has 2 heteroatoms. The van der Waals surface area contributed by atoms with Gasteiger partial charge in [-0.2, -0.15) is 0 Å². The molecular weight excluding hydrogens is 347 g/mol. The molecule has 4 rings (SSSR count). The van der Waals surface area contributed by atoms with Crippen molar-refractivity contribution in [3.05, 3.63) is 109 Å². The van der Waals surface area contributed by atoms with Gasteiger partial charge in [0.2, 0.25) is 0 Å². The van der Waals surface area contributed by atoms with Crippen LogP contribution < -0.4 is 0 Å². The number of benzene rings is 4. The number of alkyl halides is 1. The van der Waals surface area contributed by atoms with E-state index in [1.165, 1.54) is 0 Å². The molecule has 0 unspecified atom stereocenters. The Kier molecular flexibility index (Phi) is 5.11. The summed E-state index contributed by atoms with van der Waals surface area (Å²) in [5.41, 5.74) is 5.78. The van der Waals surface area contributed by atoms with Gasteiger partial charge in [-0.3, -0.25) is 4.79 Å². The first-order valence-corrected chi connectivity index (χ1v) is 9.21. The molecule has 0 saturated heterocycles. The van der Waals surface area contributed by atoms with Crippen molar-refractivity contribution < 1.29 is 9.18 Å². The van der Waals surface area contributed by atoms with Crippen LogP contribution in [0.2, 0.25) is 0 Å². The molecule has 1 nitrogen and oxygen atoms in total. The maximum absolute atomic E-state index is 13.5. The Labute approximate surface area is 164 Å². The van der Waals surface area contributed by atoms with Gasteiger partial charge in [0.1, 0.15) is 0 Å². The summed E-state index contributed by atoms with van der Waals surface area (Å²) in [6.07, 6.45) is 0.